The zero-order chi connectivity index (χ0) is 24.6. The van der Waals surface area contributed by atoms with Crippen LogP contribution in [0.25, 0.3) is 46.4 Å². The second-order valence-electron chi connectivity index (χ2n) is 11.0. The summed E-state index contributed by atoms with van der Waals surface area (Å²) in [4.78, 5) is 20.4. The number of hydrogen-bond donors (Lipinski definition) is 0. The largest absolute Gasteiger partial charge is 0.249 e. The van der Waals surface area contributed by atoms with Crippen molar-refractivity contribution in [1.82, 2.24) is 19.9 Å². The van der Waals surface area contributed by atoms with Crippen molar-refractivity contribution < 1.29 is 0 Å². The maximum absolute atomic E-state index is 5.12. The molecule has 0 bridgehead atoms. The van der Waals surface area contributed by atoms with Crippen LogP contribution in [0.2, 0.25) is 0 Å². The van der Waals surface area contributed by atoms with E-state index in [1.54, 1.807) is 0 Å². The molecule has 186 valence electrons. The predicted octanol–water partition coefficient (Wildman–Crippen LogP) is 7.94. The molecule has 0 amide bonds. The zero-order valence-electron chi connectivity index (χ0n) is 21.6. The molecule has 0 atom stereocenters. The molecule has 4 nitrogen and oxygen atoms in total. The highest BCUT2D eigenvalue weighted by molar-refractivity contribution is 5.94. The Morgan fingerprint density at radius 3 is 0.838 bits per heavy atom. The van der Waals surface area contributed by atoms with E-state index in [1.807, 2.05) is 0 Å². The zero-order valence-corrected chi connectivity index (χ0v) is 21.6. The summed E-state index contributed by atoms with van der Waals surface area (Å²) in [5, 5.41) is 0. The molecule has 3 aliphatic rings. The van der Waals surface area contributed by atoms with E-state index in [2.05, 4.69) is 48.6 Å². The molecule has 4 heteroatoms. The summed E-state index contributed by atoms with van der Waals surface area (Å²) in [5.74, 6) is 0. The van der Waals surface area contributed by atoms with Gasteiger partial charge in [-0.25, -0.2) is 19.9 Å². The number of benzene rings is 2. The summed E-state index contributed by atoms with van der Waals surface area (Å²) in [7, 11) is 0. The van der Waals surface area contributed by atoms with Crippen LogP contribution in [0.15, 0.2) is 24.3 Å². The first-order valence-corrected chi connectivity index (χ1v) is 14.3. The molecule has 37 heavy (non-hydrogen) atoms. The monoisotopic (exact) mass is 486 g/mol. The van der Waals surface area contributed by atoms with Crippen molar-refractivity contribution in [1.29, 1.82) is 0 Å². The first-order chi connectivity index (χ1) is 18.3. The van der Waals surface area contributed by atoms with Crippen LogP contribution in [-0.4, -0.2) is 19.9 Å². The molecule has 7 rings (SSSR count). The average Bonchev–Trinajstić information content (AvgIpc) is 3.00. The van der Waals surface area contributed by atoms with Crippen molar-refractivity contribution in [3.8, 4) is 0 Å². The number of aromatic nitrogens is 4. The van der Waals surface area contributed by atoms with Crippen LogP contribution in [0.1, 0.15) is 103 Å². The van der Waals surface area contributed by atoms with Crippen LogP contribution < -0.4 is 0 Å². The molecular formula is C33H34N4. The Kier molecular flexibility index (Phi) is 6.04. The maximum atomic E-state index is 5.12. The van der Waals surface area contributed by atoms with Gasteiger partial charge in [-0.1, -0.05) is 56.4 Å². The molecule has 2 heterocycles. The van der Waals surface area contributed by atoms with Gasteiger partial charge in [-0.2, -0.15) is 0 Å². The van der Waals surface area contributed by atoms with E-state index in [9.17, 15) is 0 Å². The lowest BCUT2D eigenvalue weighted by Gasteiger charge is -2.15. The second kappa shape index (κ2) is 9.81. The Balaban J connectivity index is 1.29. The minimum absolute atomic E-state index is 1.01. The van der Waals surface area contributed by atoms with Crippen LogP contribution in [0.3, 0.4) is 0 Å². The third-order valence-corrected chi connectivity index (χ3v) is 8.34. The molecule has 0 spiro atoms. The summed E-state index contributed by atoms with van der Waals surface area (Å²) >= 11 is 0. The highest BCUT2D eigenvalue weighted by Gasteiger charge is 2.15. The fraction of sp³-hybridized carbons (Fsp3) is 0.394. The van der Waals surface area contributed by atoms with Gasteiger partial charge in [0.25, 0.3) is 0 Å². The highest BCUT2D eigenvalue weighted by atomic mass is 14.8. The van der Waals surface area contributed by atoms with Gasteiger partial charge in [-0.15, -0.1) is 0 Å². The summed E-state index contributed by atoms with van der Waals surface area (Å²) in [6.07, 6.45) is 24.6. The van der Waals surface area contributed by atoms with Crippen molar-refractivity contribution in [3.05, 3.63) is 69.3 Å². The van der Waals surface area contributed by atoms with Crippen molar-refractivity contribution in [2.45, 2.75) is 83.5 Å². The molecule has 0 radical (unpaired) electrons. The molecule has 2 aromatic carbocycles. The van der Waals surface area contributed by atoms with Gasteiger partial charge in [-0.3, -0.25) is 0 Å². The number of aryl methyl sites for hydroxylation is 4. The molecule has 0 unspecified atom stereocenters. The standard InChI is InChI=1S/C33H34N4/c1-2-6-10-26-27(11-7-3-1)35-31-19-23-15-17-25-21-33-32(20-24(25)16-14-22(23)18-30(31)34-26)36-28-12-8-4-5-9-13-29(28)37-33/h14-21H,1-13H2/b16-14-,17-15?,22-14?,23-15?,24-16?,25-17?. The van der Waals surface area contributed by atoms with E-state index in [-0.39, 0.29) is 0 Å². The Bertz CT molecular complexity index is 1450. The summed E-state index contributed by atoms with van der Waals surface area (Å²) in [6, 6.07) is 8.88. The van der Waals surface area contributed by atoms with Crippen molar-refractivity contribution in [2.24, 2.45) is 0 Å². The summed E-state index contributed by atoms with van der Waals surface area (Å²) in [6.45, 7) is 0. The van der Waals surface area contributed by atoms with Crippen molar-refractivity contribution >= 4 is 46.4 Å². The predicted molar refractivity (Wildman–Crippen MR) is 153 cm³/mol. The van der Waals surface area contributed by atoms with Gasteiger partial charge in [-0.05, 0) is 97.9 Å². The Morgan fingerprint density at radius 2 is 0.568 bits per heavy atom. The normalized spacial score (nSPS) is 18.6. The fourth-order valence-electron chi connectivity index (χ4n) is 6.21. The number of rotatable bonds is 0. The maximum Gasteiger partial charge on any atom is 0.0896 e. The quantitative estimate of drug-likeness (QED) is 0.223. The molecule has 0 aliphatic heterocycles. The molecular weight excluding hydrogens is 452 g/mol. The van der Waals surface area contributed by atoms with Gasteiger partial charge in [0.15, 0.2) is 0 Å². The first-order valence-electron chi connectivity index (χ1n) is 14.3. The molecule has 3 aliphatic carbocycles. The number of nitrogens with zero attached hydrogens (tertiary/aromatic N) is 4. The average molecular weight is 487 g/mol. The fourth-order valence-corrected chi connectivity index (χ4v) is 6.21. The SMILES string of the molecule is C1=Cc2cc3nc4c(nc3cc2/C=C\c2cc3nc5c(nc3cc21)CCCCCCC5)CCCCCC4. The summed E-state index contributed by atoms with van der Waals surface area (Å²) < 4.78 is 0. The van der Waals surface area contributed by atoms with Gasteiger partial charge in [0, 0.05) is 0 Å². The van der Waals surface area contributed by atoms with Crippen LogP contribution >= 0.6 is 0 Å². The van der Waals surface area contributed by atoms with Gasteiger partial charge < -0.3 is 0 Å². The number of hydrogen-bond acceptors (Lipinski definition) is 4. The highest BCUT2D eigenvalue weighted by Crippen LogP contribution is 2.30. The molecule has 0 fully saturated rings. The lowest BCUT2D eigenvalue weighted by molar-refractivity contribution is 0.602. The molecule has 0 saturated carbocycles. The van der Waals surface area contributed by atoms with Crippen LogP contribution in [-0.2, 0) is 25.7 Å². The van der Waals surface area contributed by atoms with Crippen molar-refractivity contribution in [3.63, 3.8) is 0 Å². The van der Waals surface area contributed by atoms with E-state index in [1.165, 1.54) is 103 Å². The minimum atomic E-state index is 1.01. The van der Waals surface area contributed by atoms with Crippen molar-refractivity contribution in [2.75, 3.05) is 0 Å². The summed E-state index contributed by atoms with van der Waals surface area (Å²) in [5.41, 5.74) is 13.6. The van der Waals surface area contributed by atoms with Gasteiger partial charge >= 0.3 is 0 Å². The molecule has 0 saturated heterocycles. The van der Waals surface area contributed by atoms with Crippen LogP contribution in [0.4, 0.5) is 0 Å². The van der Waals surface area contributed by atoms with E-state index in [0.717, 1.165) is 47.8 Å². The van der Waals surface area contributed by atoms with Gasteiger partial charge in [0.2, 0.25) is 0 Å². The van der Waals surface area contributed by atoms with Gasteiger partial charge in [0.05, 0.1) is 44.8 Å². The lowest BCUT2D eigenvalue weighted by atomic mass is 9.96. The Labute approximate surface area is 219 Å². The Morgan fingerprint density at radius 1 is 0.324 bits per heavy atom. The third kappa shape index (κ3) is 4.58. The third-order valence-electron chi connectivity index (χ3n) is 8.34. The number of fused-ring (bicyclic) bond motifs is 6. The van der Waals surface area contributed by atoms with E-state index in [0.29, 0.717) is 0 Å². The second-order valence-corrected chi connectivity index (χ2v) is 11.0. The molecule has 2 aromatic heterocycles. The lowest BCUT2D eigenvalue weighted by Crippen LogP contribution is -2.06. The van der Waals surface area contributed by atoms with E-state index >= 15 is 0 Å². The smallest absolute Gasteiger partial charge is 0.0896 e. The topological polar surface area (TPSA) is 51.6 Å². The minimum Gasteiger partial charge on any atom is -0.249 e. The van der Waals surface area contributed by atoms with Crippen LogP contribution in [0.5, 0.6) is 0 Å². The Hall–Kier alpha value is -3.40. The first kappa shape index (κ1) is 22.8. The van der Waals surface area contributed by atoms with Crippen LogP contribution in [0, 0.1) is 0 Å². The van der Waals surface area contributed by atoms with E-state index < -0.39 is 0 Å². The molecule has 4 aromatic rings. The molecule has 0 N–H and O–H groups in total. The van der Waals surface area contributed by atoms with Gasteiger partial charge in [0.1, 0.15) is 0 Å². The van der Waals surface area contributed by atoms with E-state index in [4.69, 9.17) is 19.9 Å².